The van der Waals surface area contributed by atoms with Crippen LogP contribution in [0, 0.1) is 11.3 Å². The average Bonchev–Trinajstić information content (AvgIpc) is 2.34. The van der Waals surface area contributed by atoms with Gasteiger partial charge in [0.1, 0.15) is 0 Å². The predicted octanol–water partition coefficient (Wildman–Crippen LogP) is 1.39. The Labute approximate surface area is 122 Å². The first kappa shape index (κ1) is 16.7. The zero-order valence-electron chi connectivity index (χ0n) is 12.0. The third kappa shape index (κ3) is 4.62. The fraction of sp³-hybridized carbons (Fsp3) is 0.929. The minimum atomic E-state index is 0. The number of carbonyl (C=O) groups is 1. The third-order valence-corrected chi connectivity index (χ3v) is 4.49. The summed E-state index contributed by atoms with van der Waals surface area (Å²) in [7, 11) is 0. The van der Waals surface area contributed by atoms with Gasteiger partial charge in [-0.05, 0) is 37.6 Å². The molecule has 0 aromatic heterocycles. The van der Waals surface area contributed by atoms with Crippen molar-refractivity contribution in [1.82, 2.24) is 10.2 Å². The first-order valence-corrected chi connectivity index (χ1v) is 7.33. The van der Waals surface area contributed by atoms with Crippen molar-refractivity contribution in [3.05, 3.63) is 0 Å². The SMILES string of the molecule is CC1(CN2CCCC(C(=O)NCCN)C2)CCC1.Cl. The van der Waals surface area contributed by atoms with Crippen molar-refractivity contribution >= 4 is 18.3 Å². The lowest BCUT2D eigenvalue weighted by Crippen LogP contribution is -2.48. The van der Waals surface area contributed by atoms with Crippen LogP contribution in [0.1, 0.15) is 39.0 Å². The van der Waals surface area contributed by atoms with Gasteiger partial charge >= 0.3 is 0 Å². The molecular formula is C14H28ClN3O. The standard InChI is InChI=1S/C14H27N3O.ClH/c1-14(5-3-6-14)11-17-9-2-4-12(10-17)13(18)16-8-7-15;/h12H,2-11,15H2,1H3,(H,16,18);1H. The van der Waals surface area contributed by atoms with Crippen LogP contribution < -0.4 is 11.1 Å². The third-order valence-electron chi connectivity index (χ3n) is 4.49. The summed E-state index contributed by atoms with van der Waals surface area (Å²) in [5.74, 6) is 0.373. The summed E-state index contributed by atoms with van der Waals surface area (Å²) in [6.07, 6.45) is 6.27. The normalized spacial score (nSPS) is 26.1. The smallest absolute Gasteiger partial charge is 0.224 e. The van der Waals surface area contributed by atoms with E-state index in [0.29, 0.717) is 18.5 Å². The van der Waals surface area contributed by atoms with Crippen LogP contribution >= 0.6 is 12.4 Å². The lowest BCUT2D eigenvalue weighted by atomic mass is 9.70. The molecule has 1 saturated carbocycles. The highest BCUT2D eigenvalue weighted by Crippen LogP contribution is 2.41. The van der Waals surface area contributed by atoms with Gasteiger partial charge in [0.25, 0.3) is 0 Å². The first-order chi connectivity index (χ1) is 8.63. The number of likely N-dealkylation sites (tertiary alicyclic amines) is 1. The molecule has 1 atom stereocenters. The van der Waals surface area contributed by atoms with Crippen molar-refractivity contribution in [2.45, 2.75) is 39.0 Å². The topological polar surface area (TPSA) is 58.4 Å². The molecule has 4 nitrogen and oxygen atoms in total. The molecule has 0 aromatic rings. The Morgan fingerprint density at radius 3 is 2.74 bits per heavy atom. The lowest BCUT2D eigenvalue weighted by Gasteiger charge is -2.44. The van der Waals surface area contributed by atoms with Crippen LogP contribution in [0.2, 0.25) is 0 Å². The second-order valence-electron chi connectivity index (χ2n) is 6.32. The maximum Gasteiger partial charge on any atom is 0.224 e. The summed E-state index contributed by atoms with van der Waals surface area (Å²) in [4.78, 5) is 14.5. The van der Waals surface area contributed by atoms with Crippen LogP contribution in [-0.2, 0) is 4.79 Å². The second-order valence-corrected chi connectivity index (χ2v) is 6.32. The maximum absolute atomic E-state index is 12.0. The summed E-state index contributed by atoms with van der Waals surface area (Å²) in [5, 5.41) is 2.92. The van der Waals surface area contributed by atoms with Crippen molar-refractivity contribution in [1.29, 1.82) is 0 Å². The van der Waals surface area contributed by atoms with Gasteiger partial charge in [0.2, 0.25) is 5.91 Å². The van der Waals surface area contributed by atoms with Crippen LogP contribution in [-0.4, -0.2) is 43.5 Å². The highest BCUT2D eigenvalue weighted by molar-refractivity contribution is 5.85. The maximum atomic E-state index is 12.0. The molecule has 5 heteroatoms. The minimum absolute atomic E-state index is 0. The number of hydrogen-bond acceptors (Lipinski definition) is 3. The summed E-state index contributed by atoms with van der Waals surface area (Å²) in [5.41, 5.74) is 5.94. The van der Waals surface area contributed by atoms with Gasteiger partial charge in [0, 0.05) is 26.2 Å². The Morgan fingerprint density at radius 1 is 1.42 bits per heavy atom. The Bertz CT molecular complexity index is 294. The van der Waals surface area contributed by atoms with Crippen molar-refractivity contribution in [3.8, 4) is 0 Å². The number of nitrogens with one attached hydrogen (secondary N) is 1. The van der Waals surface area contributed by atoms with Crippen molar-refractivity contribution in [2.75, 3.05) is 32.7 Å². The highest BCUT2D eigenvalue weighted by Gasteiger charge is 2.35. The number of rotatable bonds is 5. The van der Waals surface area contributed by atoms with Gasteiger partial charge in [-0.2, -0.15) is 0 Å². The molecule has 0 aromatic carbocycles. The molecule has 0 radical (unpaired) electrons. The molecule has 112 valence electrons. The Balaban J connectivity index is 0.00000180. The molecule has 1 aliphatic heterocycles. The van der Waals surface area contributed by atoms with E-state index < -0.39 is 0 Å². The van der Waals surface area contributed by atoms with Crippen LogP contribution in [0.3, 0.4) is 0 Å². The van der Waals surface area contributed by atoms with Crippen LogP contribution in [0.5, 0.6) is 0 Å². The number of halogens is 1. The summed E-state index contributed by atoms with van der Waals surface area (Å²) in [6.45, 7) is 6.79. The van der Waals surface area contributed by atoms with Gasteiger partial charge in [0.05, 0.1) is 5.92 Å². The minimum Gasteiger partial charge on any atom is -0.355 e. The Morgan fingerprint density at radius 2 is 2.16 bits per heavy atom. The molecule has 1 unspecified atom stereocenters. The van der Waals surface area contributed by atoms with E-state index in [9.17, 15) is 4.79 Å². The fourth-order valence-corrected chi connectivity index (χ4v) is 3.23. The van der Waals surface area contributed by atoms with Gasteiger partial charge in [-0.25, -0.2) is 0 Å². The highest BCUT2D eigenvalue weighted by atomic mass is 35.5. The molecule has 1 aliphatic carbocycles. The zero-order chi connectivity index (χ0) is 13.0. The van der Waals surface area contributed by atoms with Crippen LogP contribution in [0.4, 0.5) is 0 Å². The van der Waals surface area contributed by atoms with Gasteiger partial charge < -0.3 is 16.0 Å². The molecule has 0 bridgehead atoms. The van der Waals surface area contributed by atoms with Gasteiger partial charge in [-0.1, -0.05) is 13.3 Å². The summed E-state index contributed by atoms with van der Waals surface area (Å²) < 4.78 is 0. The molecule has 3 N–H and O–H groups in total. The molecule has 0 spiro atoms. The molecule has 2 fully saturated rings. The largest absolute Gasteiger partial charge is 0.355 e. The second kappa shape index (κ2) is 7.46. The quantitative estimate of drug-likeness (QED) is 0.804. The van der Waals surface area contributed by atoms with E-state index in [1.807, 2.05) is 0 Å². The van der Waals surface area contributed by atoms with Crippen molar-refractivity contribution in [3.63, 3.8) is 0 Å². The number of carbonyl (C=O) groups excluding carboxylic acids is 1. The van der Waals surface area contributed by atoms with Crippen LogP contribution in [0.15, 0.2) is 0 Å². The molecule has 1 amide bonds. The lowest BCUT2D eigenvalue weighted by molar-refractivity contribution is -0.127. The van der Waals surface area contributed by atoms with Gasteiger partial charge in [-0.3, -0.25) is 4.79 Å². The van der Waals surface area contributed by atoms with Gasteiger partial charge in [-0.15, -0.1) is 12.4 Å². The van der Waals surface area contributed by atoms with E-state index in [-0.39, 0.29) is 24.2 Å². The summed E-state index contributed by atoms with van der Waals surface area (Å²) in [6, 6.07) is 0. The number of nitrogens with zero attached hydrogens (tertiary/aromatic N) is 1. The van der Waals surface area contributed by atoms with Crippen molar-refractivity contribution in [2.24, 2.45) is 17.1 Å². The Kier molecular flexibility index (Phi) is 6.57. The predicted molar refractivity (Wildman–Crippen MR) is 80.4 cm³/mol. The molecule has 19 heavy (non-hydrogen) atoms. The number of hydrogen-bond donors (Lipinski definition) is 2. The summed E-state index contributed by atoms with van der Waals surface area (Å²) >= 11 is 0. The number of amides is 1. The first-order valence-electron chi connectivity index (χ1n) is 7.33. The Hall–Kier alpha value is -0.320. The molecule has 1 heterocycles. The van der Waals surface area contributed by atoms with E-state index in [0.717, 1.165) is 25.9 Å². The van der Waals surface area contributed by atoms with E-state index in [4.69, 9.17) is 5.73 Å². The molecule has 2 aliphatic rings. The van der Waals surface area contributed by atoms with Crippen LogP contribution in [0.25, 0.3) is 0 Å². The average molecular weight is 290 g/mol. The number of piperidine rings is 1. The fourth-order valence-electron chi connectivity index (χ4n) is 3.23. The van der Waals surface area contributed by atoms with Gasteiger partial charge in [0.15, 0.2) is 0 Å². The zero-order valence-corrected chi connectivity index (χ0v) is 12.8. The van der Waals surface area contributed by atoms with E-state index in [2.05, 4.69) is 17.1 Å². The molecule has 2 rings (SSSR count). The van der Waals surface area contributed by atoms with E-state index in [1.54, 1.807) is 0 Å². The van der Waals surface area contributed by atoms with Crippen molar-refractivity contribution < 1.29 is 4.79 Å². The van der Waals surface area contributed by atoms with E-state index in [1.165, 1.54) is 25.8 Å². The number of nitrogens with two attached hydrogens (primary N) is 1. The monoisotopic (exact) mass is 289 g/mol. The molecule has 1 saturated heterocycles. The van der Waals surface area contributed by atoms with E-state index >= 15 is 0 Å². The molecular weight excluding hydrogens is 262 g/mol.